The van der Waals surface area contributed by atoms with E-state index < -0.39 is 11.7 Å². The summed E-state index contributed by atoms with van der Waals surface area (Å²) < 4.78 is 39.5. The Morgan fingerprint density at radius 2 is 2.00 bits per heavy atom. The van der Waals surface area contributed by atoms with Crippen molar-refractivity contribution >= 4 is 0 Å². The molecule has 5 heteroatoms. The number of hydrogen-bond acceptors (Lipinski definition) is 2. The summed E-state index contributed by atoms with van der Waals surface area (Å²) in [6, 6.07) is 5.94. The Morgan fingerprint density at radius 3 is 2.55 bits per heavy atom. The molecule has 0 amide bonds. The van der Waals surface area contributed by atoms with Gasteiger partial charge in [-0.15, -0.1) is 0 Å². The molecule has 0 spiro atoms. The second-order valence-corrected chi connectivity index (χ2v) is 5.87. The molecule has 3 rings (SSSR count). The van der Waals surface area contributed by atoms with Crippen LogP contribution in [0.15, 0.2) is 24.3 Å². The van der Waals surface area contributed by atoms with Crippen LogP contribution in [-0.2, 0) is 6.18 Å². The highest BCUT2D eigenvalue weighted by Gasteiger charge is 2.43. The van der Waals surface area contributed by atoms with E-state index in [0.29, 0.717) is 17.5 Å². The largest absolute Gasteiger partial charge is 0.416 e. The highest BCUT2D eigenvalue weighted by Crippen LogP contribution is 2.44. The van der Waals surface area contributed by atoms with E-state index in [1.165, 1.54) is 12.5 Å². The van der Waals surface area contributed by atoms with Gasteiger partial charge in [-0.3, -0.25) is 4.90 Å². The Labute approximate surface area is 116 Å². The predicted molar refractivity (Wildman–Crippen MR) is 71.1 cm³/mol. The van der Waals surface area contributed by atoms with Crippen LogP contribution in [0.5, 0.6) is 0 Å². The lowest BCUT2D eigenvalue weighted by molar-refractivity contribution is -0.138. The first kappa shape index (κ1) is 13.9. The molecule has 2 nitrogen and oxygen atoms in total. The first-order valence-electron chi connectivity index (χ1n) is 7.12. The summed E-state index contributed by atoms with van der Waals surface area (Å²) in [5, 5.41) is 0. The number of halogens is 3. The lowest BCUT2D eigenvalue weighted by atomic mass is 9.96. The van der Waals surface area contributed by atoms with Crippen molar-refractivity contribution in [1.29, 1.82) is 0 Å². The van der Waals surface area contributed by atoms with Crippen LogP contribution in [0.3, 0.4) is 0 Å². The third kappa shape index (κ3) is 2.33. The van der Waals surface area contributed by atoms with E-state index in [4.69, 9.17) is 5.73 Å². The smallest absolute Gasteiger partial charge is 0.329 e. The SMILES string of the molecule is NCC(c1ccccc1C(F)(F)F)N1CC2CCC1C2. The van der Waals surface area contributed by atoms with Gasteiger partial charge in [-0.2, -0.15) is 13.2 Å². The number of rotatable bonds is 3. The summed E-state index contributed by atoms with van der Waals surface area (Å²) >= 11 is 0. The third-order valence-electron chi connectivity index (χ3n) is 4.70. The topological polar surface area (TPSA) is 29.3 Å². The zero-order valence-corrected chi connectivity index (χ0v) is 11.2. The summed E-state index contributed by atoms with van der Waals surface area (Å²) in [5.74, 6) is 0.645. The van der Waals surface area contributed by atoms with Gasteiger partial charge >= 0.3 is 6.18 Å². The molecular weight excluding hydrogens is 265 g/mol. The Morgan fingerprint density at radius 1 is 1.25 bits per heavy atom. The van der Waals surface area contributed by atoms with Crippen molar-refractivity contribution in [2.24, 2.45) is 11.7 Å². The second kappa shape index (κ2) is 5.04. The molecular formula is C15H19F3N2. The molecule has 0 aromatic heterocycles. The van der Waals surface area contributed by atoms with Gasteiger partial charge in [0, 0.05) is 25.2 Å². The molecule has 2 aliphatic rings. The van der Waals surface area contributed by atoms with Crippen LogP contribution in [0, 0.1) is 5.92 Å². The van der Waals surface area contributed by atoms with Crippen molar-refractivity contribution < 1.29 is 13.2 Å². The number of nitrogens with zero attached hydrogens (tertiary/aromatic N) is 1. The summed E-state index contributed by atoms with van der Waals surface area (Å²) in [5.41, 5.74) is 5.60. The van der Waals surface area contributed by atoms with Crippen molar-refractivity contribution in [1.82, 2.24) is 4.90 Å². The van der Waals surface area contributed by atoms with Crippen LogP contribution < -0.4 is 5.73 Å². The molecule has 1 aromatic rings. The van der Waals surface area contributed by atoms with Crippen molar-refractivity contribution in [3.05, 3.63) is 35.4 Å². The van der Waals surface area contributed by atoms with Gasteiger partial charge in [-0.05, 0) is 36.8 Å². The standard InChI is InChI=1S/C15H19F3N2/c16-15(17,18)13-4-2-1-3-12(13)14(8-19)20-9-10-5-6-11(20)7-10/h1-4,10-11,14H,5-9,19H2. The normalized spacial score (nSPS) is 28.0. The fourth-order valence-electron chi connectivity index (χ4n) is 3.83. The van der Waals surface area contributed by atoms with Crippen molar-refractivity contribution in [2.75, 3.05) is 13.1 Å². The van der Waals surface area contributed by atoms with Crippen molar-refractivity contribution in [3.8, 4) is 0 Å². The number of piperidine rings is 1. The highest BCUT2D eigenvalue weighted by atomic mass is 19.4. The lowest BCUT2D eigenvalue weighted by Crippen LogP contribution is -2.40. The minimum absolute atomic E-state index is 0.232. The Bertz CT molecular complexity index is 486. The Hall–Kier alpha value is -1.07. The zero-order chi connectivity index (χ0) is 14.3. The molecule has 3 atom stereocenters. The van der Waals surface area contributed by atoms with E-state index in [-0.39, 0.29) is 12.6 Å². The zero-order valence-electron chi connectivity index (χ0n) is 11.2. The fraction of sp³-hybridized carbons (Fsp3) is 0.600. The Kier molecular flexibility index (Phi) is 3.50. The van der Waals surface area contributed by atoms with E-state index in [9.17, 15) is 13.2 Å². The van der Waals surface area contributed by atoms with Crippen LogP contribution in [0.25, 0.3) is 0 Å². The monoisotopic (exact) mass is 284 g/mol. The number of benzene rings is 1. The van der Waals surface area contributed by atoms with Crippen molar-refractivity contribution in [2.45, 2.75) is 37.5 Å². The maximum atomic E-state index is 13.2. The van der Waals surface area contributed by atoms with E-state index in [0.717, 1.165) is 25.5 Å². The summed E-state index contributed by atoms with van der Waals surface area (Å²) in [6.07, 6.45) is -0.901. The predicted octanol–water partition coefficient (Wildman–Crippen LogP) is 3.19. The molecule has 1 aliphatic heterocycles. The molecule has 1 aromatic carbocycles. The van der Waals surface area contributed by atoms with Crippen LogP contribution in [-0.4, -0.2) is 24.0 Å². The minimum Gasteiger partial charge on any atom is -0.329 e. The highest BCUT2D eigenvalue weighted by molar-refractivity contribution is 5.33. The van der Waals surface area contributed by atoms with Gasteiger partial charge in [0.05, 0.1) is 5.56 Å². The summed E-state index contributed by atoms with van der Waals surface area (Å²) in [4.78, 5) is 2.19. The molecule has 3 unspecified atom stereocenters. The molecule has 1 aliphatic carbocycles. The van der Waals surface area contributed by atoms with Crippen LogP contribution in [0.4, 0.5) is 13.2 Å². The van der Waals surface area contributed by atoms with Crippen LogP contribution >= 0.6 is 0 Å². The van der Waals surface area contributed by atoms with E-state index in [1.807, 2.05) is 0 Å². The number of alkyl halides is 3. The first-order valence-corrected chi connectivity index (χ1v) is 7.12. The molecule has 2 N–H and O–H groups in total. The number of hydrogen-bond donors (Lipinski definition) is 1. The van der Waals surface area contributed by atoms with Crippen LogP contribution in [0.1, 0.15) is 36.4 Å². The summed E-state index contributed by atoms with van der Waals surface area (Å²) in [6.45, 7) is 1.12. The molecule has 20 heavy (non-hydrogen) atoms. The van der Waals surface area contributed by atoms with Gasteiger partial charge in [0.1, 0.15) is 0 Å². The molecule has 0 radical (unpaired) electrons. The van der Waals surface area contributed by atoms with Gasteiger partial charge in [0.15, 0.2) is 0 Å². The Balaban J connectivity index is 1.94. The molecule has 1 heterocycles. The van der Waals surface area contributed by atoms with Gasteiger partial charge < -0.3 is 5.73 Å². The minimum atomic E-state index is -4.32. The molecule has 110 valence electrons. The number of fused-ring (bicyclic) bond motifs is 2. The molecule has 2 bridgehead atoms. The number of likely N-dealkylation sites (tertiary alicyclic amines) is 1. The van der Waals surface area contributed by atoms with E-state index in [2.05, 4.69) is 4.90 Å². The maximum Gasteiger partial charge on any atom is 0.416 e. The quantitative estimate of drug-likeness (QED) is 0.923. The third-order valence-corrected chi connectivity index (χ3v) is 4.70. The molecule has 1 saturated carbocycles. The summed E-state index contributed by atoms with van der Waals surface area (Å²) in [7, 11) is 0. The van der Waals surface area contributed by atoms with Gasteiger partial charge in [0.2, 0.25) is 0 Å². The van der Waals surface area contributed by atoms with Crippen LogP contribution in [0.2, 0.25) is 0 Å². The van der Waals surface area contributed by atoms with Gasteiger partial charge in [0.25, 0.3) is 0 Å². The second-order valence-electron chi connectivity index (χ2n) is 5.87. The number of nitrogens with two attached hydrogens (primary N) is 1. The molecule has 2 fully saturated rings. The maximum absolute atomic E-state index is 13.2. The van der Waals surface area contributed by atoms with E-state index >= 15 is 0 Å². The van der Waals surface area contributed by atoms with Crippen molar-refractivity contribution in [3.63, 3.8) is 0 Å². The fourth-order valence-corrected chi connectivity index (χ4v) is 3.83. The molecule has 1 saturated heterocycles. The lowest BCUT2D eigenvalue weighted by Gasteiger charge is -2.35. The average molecular weight is 284 g/mol. The van der Waals surface area contributed by atoms with Gasteiger partial charge in [-0.25, -0.2) is 0 Å². The van der Waals surface area contributed by atoms with E-state index in [1.54, 1.807) is 12.1 Å². The first-order chi connectivity index (χ1) is 9.50. The van der Waals surface area contributed by atoms with Gasteiger partial charge in [-0.1, -0.05) is 18.2 Å². The average Bonchev–Trinajstić information content (AvgIpc) is 3.02.